The highest BCUT2D eigenvalue weighted by molar-refractivity contribution is 8.00. The Labute approximate surface area is 312 Å². The van der Waals surface area contributed by atoms with E-state index in [2.05, 4.69) is 174 Å². The van der Waals surface area contributed by atoms with Gasteiger partial charge in [-0.05, 0) is 94.7 Å². The molecule has 0 N–H and O–H groups in total. The van der Waals surface area contributed by atoms with Crippen molar-refractivity contribution in [1.29, 1.82) is 0 Å². The molecular weight excluding hydrogens is 647 g/mol. The van der Waals surface area contributed by atoms with Gasteiger partial charge in [0.25, 0.3) is 0 Å². The first kappa shape index (κ1) is 30.8. The maximum Gasteiger partial charge on any atom is 0.0630 e. The fraction of sp³-hybridized carbons (Fsp3) is 0.240. The van der Waals surface area contributed by atoms with Crippen LogP contribution in [-0.2, 0) is 0 Å². The molecule has 7 aliphatic rings. The Morgan fingerprint density at radius 2 is 1.46 bits per heavy atom. The van der Waals surface area contributed by atoms with Crippen molar-refractivity contribution in [2.24, 2.45) is 5.92 Å². The van der Waals surface area contributed by atoms with Gasteiger partial charge in [-0.1, -0.05) is 151 Å². The summed E-state index contributed by atoms with van der Waals surface area (Å²) in [5.74, 6) is 2.29. The van der Waals surface area contributed by atoms with Gasteiger partial charge in [0.15, 0.2) is 0 Å². The predicted octanol–water partition coefficient (Wildman–Crippen LogP) is 12.9. The van der Waals surface area contributed by atoms with E-state index >= 15 is 0 Å². The lowest BCUT2D eigenvalue weighted by Gasteiger charge is -2.40. The topological polar surface area (TPSA) is 3.24 Å². The average Bonchev–Trinajstić information content (AvgIpc) is 3.76. The van der Waals surface area contributed by atoms with Crippen LogP contribution in [-0.4, -0.2) is 11.3 Å². The standard InChI is InChI=1S/C50H43NS/c1-2-11-32(12-3-1)33-21-23-34(24-22-33)43-31-37-26-25-35(29-44(37)39-14-5-4-13-38(39)43)36-27-28-47-45(30-36)40-15-6-8-18-46(40)51(47)48-19-10-17-42-41-16-7-9-20-49(41)52-50(42)48/h1-2,4-11,13-24,26-28,30,35,41,43-45,47,49H,3,12,25,29,31H2. The van der Waals surface area contributed by atoms with Crippen LogP contribution in [0, 0.1) is 5.92 Å². The van der Waals surface area contributed by atoms with E-state index in [1.54, 1.807) is 11.1 Å². The monoisotopic (exact) mass is 689 g/mol. The van der Waals surface area contributed by atoms with Crippen molar-refractivity contribution >= 4 is 28.7 Å². The zero-order chi connectivity index (χ0) is 34.2. The molecule has 1 nitrogen and oxygen atoms in total. The summed E-state index contributed by atoms with van der Waals surface area (Å²) < 4.78 is 0. The Morgan fingerprint density at radius 1 is 0.673 bits per heavy atom. The SMILES string of the molecule is C1=CCCC(c2ccc(C3CC4=CCC(C5=CC6c7ccccc7N(c7cccc8c7SC7C=CC=CC87)C6C=C5)CC4c4ccccc43)cc2)=C1. The lowest BCUT2D eigenvalue weighted by atomic mass is 9.65. The fourth-order valence-corrected chi connectivity index (χ4v) is 12.0. The van der Waals surface area contributed by atoms with Crippen LogP contribution in [0.15, 0.2) is 174 Å². The van der Waals surface area contributed by atoms with Gasteiger partial charge in [-0.25, -0.2) is 0 Å². The van der Waals surface area contributed by atoms with E-state index < -0.39 is 0 Å². The van der Waals surface area contributed by atoms with Crippen molar-refractivity contribution in [3.63, 3.8) is 0 Å². The molecule has 0 saturated carbocycles. The van der Waals surface area contributed by atoms with Crippen LogP contribution in [0.3, 0.4) is 0 Å². The predicted molar refractivity (Wildman–Crippen MR) is 219 cm³/mol. The molecule has 4 aromatic carbocycles. The van der Waals surface area contributed by atoms with E-state index in [1.165, 1.54) is 61.7 Å². The molecule has 2 heterocycles. The summed E-state index contributed by atoms with van der Waals surface area (Å²) in [5.41, 5.74) is 16.2. The summed E-state index contributed by atoms with van der Waals surface area (Å²) in [4.78, 5) is 4.12. The number of para-hydroxylation sites is 1. The van der Waals surface area contributed by atoms with Crippen molar-refractivity contribution in [3.05, 3.63) is 202 Å². The van der Waals surface area contributed by atoms with Gasteiger partial charge in [0.1, 0.15) is 0 Å². The van der Waals surface area contributed by atoms with Crippen molar-refractivity contribution in [2.75, 3.05) is 4.90 Å². The van der Waals surface area contributed by atoms with Gasteiger partial charge in [-0.2, -0.15) is 0 Å². The van der Waals surface area contributed by atoms with Gasteiger partial charge in [-0.3, -0.25) is 0 Å². The highest BCUT2D eigenvalue weighted by Gasteiger charge is 2.43. The van der Waals surface area contributed by atoms with Crippen molar-refractivity contribution in [1.82, 2.24) is 0 Å². The lowest BCUT2D eigenvalue weighted by Crippen LogP contribution is -2.30. The van der Waals surface area contributed by atoms with Gasteiger partial charge in [0, 0.05) is 39.5 Å². The molecule has 0 saturated heterocycles. The average molecular weight is 690 g/mol. The molecule has 0 aromatic heterocycles. The molecule has 0 radical (unpaired) electrons. The number of anilines is 2. The molecule has 2 aliphatic heterocycles. The first-order valence-electron chi connectivity index (χ1n) is 19.4. The van der Waals surface area contributed by atoms with E-state index in [9.17, 15) is 0 Å². The second kappa shape index (κ2) is 12.4. The van der Waals surface area contributed by atoms with E-state index in [4.69, 9.17) is 0 Å². The molecule has 0 spiro atoms. The molecule has 2 heteroatoms. The maximum atomic E-state index is 2.66. The van der Waals surface area contributed by atoms with Crippen molar-refractivity contribution in [3.8, 4) is 0 Å². The molecule has 7 atom stereocenters. The minimum atomic E-state index is 0.296. The maximum absolute atomic E-state index is 2.66. The molecule has 0 amide bonds. The van der Waals surface area contributed by atoms with E-state index in [-0.39, 0.29) is 0 Å². The number of hydrogen-bond donors (Lipinski definition) is 0. The zero-order valence-corrected chi connectivity index (χ0v) is 30.3. The largest absolute Gasteiger partial charge is 0.332 e. The number of hydrogen-bond acceptors (Lipinski definition) is 2. The first-order chi connectivity index (χ1) is 25.8. The third-order valence-corrected chi connectivity index (χ3v) is 14.5. The zero-order valence-electron chi connectivity index (χ0n) is 29.4. The summed E-state index contributed by atoms with van der Waals surface area (Å²) in [6, 6.07) is 35.4. The van der Waals surface area contributed by atoms with Crippen molar-refractivity contribution < 1.29 is 0 Å². The second-order valence-electron chi connectivity index (χ2n) is 15.7. The van der Waals surface area contributed by atoms with Crippen LogP contribution >= 0.6 is 11.8 Å². The number of rotatable bonds is 4. The number of benzene rings is 4. The molecule has 5 aliphatic carbocycles. The lowest BCUT2D eigenvalue weighted by molar-refractivity contribution is 0.466. The molecule has 7 unspecified atom stereocenters. The van der Waals surface area contributed by atoms with Crippen LogP contribution in [0.5, 0.6) is 0 Å². The summed E-state index contributed by atoms with van der Waals surface area (Å²) >= 11 is 2.05. The van der Waals surface area contributed by atoms with E-state index in [1.807, 2.05) is 0 Å². The van der Waals surface area contributed by atoms with E-state index in [0.717, 1.165) is 25.7 Å². The highest BCUT2D eigenvalue weighted by atomic mass is 32.2. The van der Waals surface area contributed by atoms with E-state index in [0.29, 0.717) is 40.9 Å². The Hall–Kier alpha value is -4.79. The highest BCUT2D eigenvalue weighted by Crippen LogP contribution is 2.57. The molecular formula is C50H43NS. The number of nitrogens with zero attached hydrogens (tertiary/aromatic N) is 1. The van der Waals surface area contributed by atoms with Gasteiger partial charge in [0.2, 0.25) is 0 Å². The molecule has 0 bridgehead atoms. The Bertz CT molecular complexity index is 2310. The number of thioether (sulfide) groups is 1. The second-order valence-corrected chi connectivity index (χ2v) is 16.9. The Balaban J connectivity index is 0.886. The number of allylic oxidation sites excluding steroid dienone is 11. The van der Waals surface area contributed by atoms with Gasteiger partial charge in [0.05, 0.1) is 11.7 Å². The molecule has 4 aromatic rings. The van der Waals surface area contributed by atoms with Crippen LogP contribution < -0.4 is 4.90 Å². The van der Waals surface area contributed by atoms with Gasteiger partial charge < -0.3 is 4.90 Å². The van der Waals surface area contributed by atoms with Crippen LogP contribution in [0.25, 0.3) is 5.57 Å². The minimum absolute atomic E-state index is 0.296. The smallest absolute Gasteiger partial charge is 0.0630 e. The minimum Gasteiger partial charge on any atom is -0.332 e. The van der Waals surface area contributed by atoms with Crippen LogP contribution in [0.4, 0.5) is 11.4 Å². The van der Waals surface area contributed by atoms with Crippen molar-refractivity contribution in [2.45, 2.75) is 72.0 Å². The quantitative estimate of drug-likeness (QED) is 0.196. The summed E-state index contributed by atoms with van der Waals surface area (Å²) in [6.07, 6.45) is 32.1. The third-order valence-electron chi connectivity index (χ3n) is 13.0. The number of fused-ring (bicyclic) bond motifs is 9. The van der Waals surface area contributed by atoms with Crippen LogP contribution in [0.2, 0.25) is 0 Å². The van der Waals surface area contributed by atoms with Crippen LogP contribution in [0.1, 0.15) is 89.2 Å². The van der Waals surface area contributed by atoms with Gasteiger partial charge in [-0.15, -0.1) is 11.8 Å². The summed E-state index contributed by atoms with van der Waals surface area (Å²) in [6.45, 7) is 0. The Kier molecular flexibility index (Phi) is 7.36. The fourth-order valence-electron chi connectivity index (χ4n) is 10.5. The van der Waals surface area contributed by atoms with Gasteiger partial charge >= 0.3 is 0 Å². The molecule has 52 heavy (non-hydrogen) atoms. The molecule has 254 valence electrons. The molecule has 11 rings (SSSR count). The summed E-state index contributed by atoms with van der Waals surface area (Å²) in [7, 11) is 0. The normalized spacial score (nSPS) is 28.9. The summed E-state index contributed by atoms with van der Waals surface area (Å²) in [5, 5.41) is 0.496. The Morgan fingerprint density at radius 3 is 2.33 bits per heavy atom. The first-order valence-corrected chi connectivity index (χ1v) is 20.3. The third kappa shape index (κ3) is 4.91. The molecule has 0 fully saturated rings.